The molecular formula is C27H22NO6-. The van der Waals surface area contributed by atoms with Crippen LogP contribution >= 0.6 is 0 Å². The van der Waals surface area contributed by atoms with Crippen LogP contribution < -0.4 is 20.8 Å². The largest absolute Gasteiger partial charge is 0.548 e. The topological polar surface area (TPSA) is 109 Å². The van der Waals surface area contributed by atoms with E-state index in [1.807, 2.05) is 36.4 Å². The summed E-state index contributed by atoms with van der Waals surface area (Å²) in [5, 5.41) is 14.7. The third-order valence-electron chi connectivity index (χ3n) is 5.37. The zero-order valence-corrected chi connectivity index (χ0v) is 18.4. The lowest BCUT2D eigenvalue weighted by Crippen LogP contribution is -2.52. The molecule has 0 unspecified atom stereocenters. The molecule has 0 aliphatic carbocycles. The number of benzene rings is 3. The number of carbonyl (C=O) groups is 2. The van der Waals surface area contributed by atoms with Gasteiger partial charge in [-0.1, -0.05) is 60.7 Å². The lowest BCUT2D eigenvalue weighted by Gasteiger charge is -2.22. The molecule has 0 spiro atoms. The number of carboxylic acids is 1. The number of hydrogen-bond donors (Lipinski definition) is 1. The summed E-state index contributed by atoms with van der Waals surface area (Å²) in [6.45, 7) is 1.50. The summed E-state index contributed by atoms with van der Waals surface area (Å²) < 4.78 is 11.1. The predicted molar refractivity (Wildman–Crippen MR) is 125 cm³/mol. The Kier molecular flexibility index (Phi) is 6.73. The molecular weight excluding hydrogens is 434 g/mol. The molecule has 0 radical (unpaired) electrons. The Balaban J connectivity index is 1.51. The monoisotopic (exact) mass is 456 g/mol. The SMILES string of the molecule is C[C@H](Oc1ccc2c(-c3ccccc3)cc(=O)oc2c1)C(=O)N[C@H](Cc1ccccc1)C(=O)[O-]. The number of carboxylic acid groups (broad SMARTS) is 1. The Hall–Kier alpha value is -4.39. The number of fused-ring (bicyclic) bond motifs is 1. The first-order valence-corrected chi connectivity index (χ1v) is 10.8. The molecule has 0 aliphatic rings. The second kappa shape index (κ2) is 10.0. The number of hydrogen-bond acceptors (Lipinski definition) is 6. The van der Waals surface area contributed by atoms with E-state index in [4.69, 9.17) is 9.15 Å². The summed E-state index contributed by atoms with van der Waals surface area (Å²) in [6, 6.07) is 23.6. The maximum atomic E-state index is 12.6. The first-order chi connectivity index (χ1) is 16.4. The van der Waals surface area contributed by atoms with Gasteiger partial charge in [0.05, 0.1) is 12.0 Å². The molecule has 0 fully saturated rings. The first-order valence-electron chi connectivity index (χ1n) is 10.8. The van der Waals surface area contributed by atoms with Gasteiger partial charge in [-0.25, -0.2) is 4.79 Å². The van der Waals surface area contributed by atoms with Gasteiger partial charge in [-0.2, -0.15) is 0 Å². The van der Waals surface area contributed by atoms with Crippen LogP contribution in [0.2, 0.25) is 0 Å². The maximum absolute atomic E-state index is 12.6. The minimum atomic E-state index is -1.38. The van der Waals surface area contributed by atoms with Crippen molar-refractivity contribution in [1.29, 1.82) is 0 Å². The number of rotatable bonds is 8. The summed E-state index contributed by atoms with van der Waals surface area (Å²) in [5.41, 5.74) is 2.15. The number of aliphatic carboxylic acids is 1. The minimum Gasteiger partial charge on any atom is -0.548 e. The second-order valence-corrected chi connectivity index (χ2v) is 7.83. The molecule has 1 N–H and O–H groups in total. The fourth-order valence-electron chi connectivity index (χ4n) is 3.66. The summed E-state index contributed by atoms with van der Waals surface area (Å²) in [4.78, 5) is 36.3. The average molecular weight is 456 g/mol. The number of ether oxygens (including phenoxy) is 1. The molecule has 1 heterocycles. The number of nitrogens with one attached hydrogen (secondary N) is 1. The second-order valence-electron chi connectivity index (χ2n) is 7.83. The smallest absolute Gasteiger partial charge is 0.336 e. The summed E-state index contributed by atoms with van der Waals surface area (Å²) in [7, 11) is 0. The lowest BCUT2D eigenvalue weighted by molar-refractivity contribution is -0.308. The van der Waals surface area contributed by atoms with Gasteiger partial charge in [-0.15, -0.1) is 0 Å². The van der Waals surface area contributed by atoms with E-state index in [0.29, 0.717) is 11.3 Å². The van der Waals surface area contributed by atoms with Crippen molar-refractivity contribution < 1.29 is 23.8 Å². The van der Waals surface area contributed by atoms with Crippen LogP contribution in [-0.2, 0) is 16.0 Å². The van der Waals surface area contributed by atoms with Crippen molar-refractivity contribution in [3.8, 4) is 16.9 Å². The highest BCUT2D eigenvalue weighted by Gasteiger charge is 2.21. The molecule has 0 saturated heterocycles. The minimum absolute atomic E-state index is 0.0883. The molecule has 4 rings (SSSR count). The van der Waals surface area contributed by atoms with E-state index in [2.05, 4.69) is 5.32 Å². The fraction of sp³-hybridized carbons (Fsp3) is 0.148. The molecule has 4 aromatic rings. The van der Waals surface area contributed by atoms with Crippen molar-refractivity contribution in [2.24, 2.45) is 0 Å². The first kappa shape index (κ1) is 22.8. The van der Waals surface area contributed by atoms with Crippen LogP contribution in [0.3, 0.4) is 0 Å². The quantitative estimate of drug-likeness (QED) is 0.409. The van der Waals surface area contributed by atoms with Crippen molar-refractivity contribution in [3.05, 3.63) is 101 Å². The molecule has 34 heavy (non-hydrogen) atoms. The highest BCUT2D eigenvalue weighted by molar-refractivity contribution is 5.94. The highest BCUT2D eigenvalue weighted by atomic mass is 16.5. The normalized spacial score (nSPS) is 12.6. The molecule has 0 saturated carbocycles. The van der Waals surface area contributed by atoms with Crippen molar-refractivity contribution >= 4 is 22.8 Å². The molecule has 172 valence electrons. The van der Waals surface area contributed by atoms with Crippen LogP contribution in [-0.4, -0.2) is 24.0 Å². The van der Waals surface area contributed by atoms with Gasteiger partial charge in [0.2, 0.25) is 0 Å². The number of carbonyl (C=O) groups excluding carboxylic acids is 2. The van der Waals surface area contributed by atoms with Gasteiger partial charge < -0.3 is 24.4 Å². The van der Waals surface area contributed by atoms with E-state index >= 15 is 0 Å². The lowest BCUT2D eigenvalue weighted by atomic mass is 10.0. The average Bonchev–Trinajstić information content (AvgIpc) is 2.84. The van der Waals surface area contributed by atoms with Crippen LogP contribution in [0.15, 0.2) is 94.1 Å². The van der Waals surface area contributed by atoms with Gasteiger partial charge in [0.1, 0.15) is 11.3 Å². The molecule has 0 aliphatic heterocycles. The standard InChI is InChI=1S/C27H23NO6/c1-17(26(30)28-23(27(31)32)14-18-8-4-2-5-9-18)33-20-12-13-21-22(19-10-6-3-7-11-19)16-25(29)34-24(21)15-20/h2-13,15-17,23H,14H2,1H3,(H,28,30)(H,31,32)/p-1/t17-,23+/m0/s1. The molecule has 0 bridgehead atoms. The zero-order chi connectivity index (χ0) is 24.1. The summed E-state index contributed by atoms with van der Waals surface area (Å²) in [5.74, 6) is -1.69. The summed E-state index contributed by atoms with van der Waals surface area (Å²) >= 11 is 0. The Morgan fingerprint density at radius 2 is 1.65 bits per heavy atom. The Labute approximate surface area is 195 Å². The van der Waals surface area contributed by atoms with Gasteiger partial charge >= 0.3 is 5.63 Å². The molecule has 2 atom stereocenters. The number of amides is 1. The predicted octanol–water partition coefficient (Wildman–Crippen LogP) is 2.70. The molecule has 7 heteroatoms. The molecule has 1 aromatic heterocycles. The molecule has 3 aromatic carbocycles. The van der Waals surface area contributed by atoms with E-state index in [0.717, 1.165) is 22.1 Å². The van der Waals surface area contributed by atoms with Gasteiger partial charge in [0, 0.05) is 17.5 Å². The van der Waals surface area contributed by atoms with Crippen LogP contribution in [0.25, 0.3) is 22.1 Å². The maximum Gasteiger partial charge on any atom is 0.336 e. The Morgan fingerprint density at radius 3 is 2.32 bits per heavy atom. The van der Waals surface area contributed by atoms with Crippen LogP contribution in [0.4, 0.5) is 0 Å². The van der Waals surface area contributed by atoms with Crippen molar-refractivity contribution in [1.82, 2.24) is 5.32 Å². The zero-order valence-electron chi connectivity index (χ0n) is 18.4. The van der Waals surface area contributed by atoms with Crippen LogP contribution in [0.5, 0.6) is 5.75 Å². The van der Waals surface area contributed by atoms with Crippen molar-refractivity contribution in [3.63, 3.8) is 0 Å². The van der Waals surface area contributed by atoms with E-state index in [-0.39, 0.29) is 6.42 Å². The molecule has 7 nitrogen and oxygen atoms in total. The van der Waals surface area contributed by atoms with Crippen molar-refractivity contribution in [2.45, 2.75) is 25.5 Å². The van der Waals surface area contributed by atoms with E-state index in [9.17, 15) is 19.5 Å². The van der Waals surface area contributed by atoms with Crippen LogP contribution in [0.1, 0.15) is 12.5 Å². The fourth-order valence-corrected chi connectivity index (χ4v) is 3.66. The highest BCUT2D eigenvalue weighted by Crippen LogP contribution is 2.29. The Morgan fingerprint density at radius 1 is 0.971 bits per heavy atom. The Bertz CT molecular complexity index is 1360. The summed E-state index contributed by atoms with van der Waals surface area (Å²) in [6.07, 6.45) is -0.913. The van der Waals surface area contributed by atoms with E-state index < -0.39 is 29.6 Å². The third kappa shape index (κ3) is 5.32. The van der Waals surface area contributed by atoms with Crippen LogP contribution in [0, 0.1) is 0 Å². The van der Waals surface area contributed by atoms with E-state index in [1.165, 1.54) is 19.1 Å². The van der Waals surface area contributed by atoms with Gasteiger partial charge in [0.15, 0.2) is 6.10 Å². The third-order valence-corrected chi connectivity index (χ3v) is 5.37. The van der Waals surface area contributed by atoms with E-state index in [1.54, 1.807) is 36.4 Å². The van der Waals surface area contributed by atoms with Gasteiger partial charge in [-0.3, -0.25) is 4.79 Å². The van der Waals surface area contributed by atoms with Gasteiger partial charge in [-0.05, 0) is 42.2 Å². The van der Waals surface area contributed by atoms with Crippen molar-refractivity contribution in [2.75, 3.05) is 0 Å². The molecule has 1 amide bonds. The van der Waals surface area contributed by atoms with Gasteiger partial charge in [0.25, 0.3) is 5.91 Å².